The molecule has 0 aliphatic rings. The third kappa shape index (κ3) is 1.79. The Hall–Kier alpha value is -2.25. The van der Waals surface area contributed by atoms with Gasteiger partial charge in [0, 0.05) is 11.3 Å². The Morgan fingerprint density at radius 3 is 2.65 bits per heavy atom. The molecule has 0 radical (unpaired) electrons. The highest BCUT2D eigenvalue weighted by molar-refractivity contribution is 7.19. The van der Waals surface area contributed by atoms with Gasteiger partial charge in [-0.15, -0.1) is 21.5 Å². The van der Waals surface area contributed by atoms with Crippen LogP contribution in [0.4, 0.5) is 5.69 Å². The second-order valence-corrected chi connectivity index (χ2v) is 6.13. The summed E-state index contributed by atoms with van der Waals surface area (Å²) in [5.74, 6) is 0.785. The van der Waals surface area contributed by atoms with E-state index in [1.165, 1.54) is 11.3 Å². The summed E-state index contributed by atoms with van der Waals surface area (Å²) < 4.78 is 1.79. The molecule has 1 aromatic carbocycles. The van der Waals surface area contributed by atoms with E-state index in [4.69, 9.17) is 5.73 Å². The van der Waals surface area contributed by atoms with Crippen molar-refractivity contribution in [2.75, 3.05) is 5.73 Å². The molecule has 0 unspecified atom stereocenters. The number of aromatic nitrogens is 4. The molecule has 98 valence electrons. The van der Waals surface area contributed by atoms with Crippen molar-refractivity contribution in [1.82, 2.24) is 19.8 Å². The summed E-state index contributed by atoms with van der Waals surface area (Å²) in [4.78, 5) is 1.85. The van der Waals surface area contributed by atoms with Gasteiger partial charge in [-0.1, -0.05) is 17.4 Å². The Balaban J connectivity index is 1.85. The molecular formula is C13H9N5S2. The van der Waals surface area contributed by atoms with Crippen LogP contribution in [0.15, 0.2) is 41.8 Å². The zero-order valence-electron chi connectivity index (χ0n) is 10.2. The van der Waals surface area contributed by atoms with E-state index in [0.717, 1.165) is 31.9 Å². The highest BCUT2D eigenvalue weighted by atomic mass is 32.1. The van der Waals surface area contributed by atoms with Crippen LogP contribution in [0.3, 0.4) is 0 Å². The number of nitrogens with zero attached hydrogens (tertiary/aromatic N) is 4. The molecule has 7 heteroatoms. The summed E-state index contributed by atoms with van der Waals surface area (Å²) in [6.07, 6.45) is 0. The summed E-state index contributed by atoms with van der Waals surface area (Å²) in [7, 11) is 0. The van der Waals surface area contributed by atoms with Crippen molar-refractivity contribution in [3.05, 3.63) is 41.8 Å². The van der Waals surface area contributed by atoms with E-state index in [9.17, 15) is 0 Å². The van der Waals surface area contributed by atoms with Crippen LogP contribution in [-0.2, 0) is 0 Å². The molecule has 0 saturated carbocycles. The third-order valence-corrected chi connectivity index (χ3v) is 4.70. The number of nitrogen functional groups attached to an aromatic ring is 1. The molecule has 3 heterocycles. The Morgan fingerprint density at radius 1 is 1.05 bits per heavy atom. The van der Waals surface area contributed by atoms with E-state index >= 15 is 0 Å². The first kappa shape index (κ1) is 11.6. The molecular weight excluding hydrogens is 290 g/mol. The van der Waals surface area contributed by atoms with Crippen molar-refractivity contribution < 1.29 is 0 Å². The van der Waals surface area contributed by atoms with E-state index in [-0.39, 0.29) is 0 Å². The van der Waals surface area contributed by atoms with Gasteiger partial charge in [0.2, 0.25) is 4.96 Å². The van der Waals surface area contributed by atoms with Gasteiger partial charge in [-0.25, -0.2) is 0 Å². The van der Waals surface area contributed by atoms with Gasteiger partial charge in [-0.2, -0.15) is 9.61 Å². The summed E-state index contributed by atoms with van der Waals surface area (Å²) in [6, 6.07) is 11.7. The molecule has 0 spiro atoms. The minimum atomic E-state index is 0.746. The minimum absolute atomic E-state index is 0.746. The van der Waals surface area contributed by atoms with Crippen molar-refractivity contribution in [1.29, 1.82) is 0 Å². The van der Waals surface area contributed by atoms with Crippen molar-refractivity contribution in [2.24, 2.45) is 0 Å². The lowest BCUT2D eigenvalue weighted by atomic mass is 10.2. The summed E-state index contributed by atoms with van der Waals surface area (Å²) in [6.45, 7) is 0. The van der Waals surface area contributed by atoms with Crippen LogP contribution < -0.4 is 5.73 Å². The monoisotopic (exact) mass is 299 g/mol. The lowest BCUT2D eigenvalue weighted by Gasteiger charge is -1.96. The summed E-state index contributed by atoms with van der Waals surface area (Å²) in [5.41, 5.74) is 7.49. The number of rotatable bonds is 2. The zero-order valence-corrected chi connectivity index (χ0v) is 11.9. The van der Waals surface area contributed by atoms with Gasteiger partial charge >= 0.3 is 0 Å². The van der Waals surface area contributed by atoms with E-state index in [0.29, 0.717) is 0 Å². The van der Waals surface area contributed by atoms with E-state index in [1.54, 1.807) is 15.9 Å². The van der Waals surface area contributed by atoms with Gasteiger partial charge < -0.3 is 5.73 Å². The number of fused-ring (bicyclic) bond motifs is 1. The normalized spacial score (nSPS) is 11.2. The standard InChI is InChI=1S/C13H9N5S2/c14-9-5-3-8(4-6-9)12-17-18-11(10-2-1-7-19-10)15-16-13(18)20-12/h1-7H,14H2. The summed E-state index contributed by atoms with van der Waals surface area (Å²) >= 11 is 3.14. The Kier molecular flexibility index (Phi) is 2.54. The maximum absolute atomic E-state index is 5.70. The average molecular weight is 299 g/mol. The van der Waals surface area contributed by atoms with E-state index in [2.05, 4.69) is 15.3 Å². The van der Waals surface area contributed by atoms with Crippen LogP contribution in [-0.4, -0.2) is 19.8 Å². The van der Waals surface area contributed by atoms with Crippen molar-refractivity contribution in [3.8, 4) is 21.3 Å². The van der Waals surface area contributed by atoms with E-state index < -0.39 is 0 Å². The smallest absolute Gasteiger partial charge is 0.235 e. The second-order valence-electron chi connectivity index (χ2n) is 4.22. The lowest BCUT2D eigenvalue weighted by molar-refractivity contribution is 0.974. The number of nitrogens with two attached hydrogens (primary N) is 1. The first-order valence-electron chi connectivity index (χ1n) is 5.93. The molecule has 0 aliphatic carbocycles. The molecule has 0 amide bonds. The van der Waals surface area contributed by atoms with Crippen LogP contribution in [0, 0.1) is 0 Å². The largest absolute Gasteiger partial charge is 0.399 e. The molecule has 4 aromatic rings. The quantitative estimate of drug-likeness (QED) is 0.577. The van der Waals surface area contributed by atoms with Crippen molar-refractivity contribution in [2.45, 2.75) is 0 Å². The predicted molar refractivity (Wildman–Crippen MR) is 81.8 cm³/mol. The molecule has 20 heavy (non-hydrogen) atoms. The first-order valence-corrected chi connectivity index (χ1v) is 7.63. The highest BCUT2D eigenvalue weighted by Crippen LogP contribution is 2.29. The molecule has 0 aliphatic heterocycles. The fraction of sp³-hybridized carbons (Fsp3) is 0. The molecule has 0 atom stereocenters. The van der Waals surface area contributed by atoms with Gasteiger partial charge in [-0.3, -0.25) is 0 Å². The van der Waals surface area contributed by atoms with Crippen LogP contribution in [0.1, 0.15) is 0 Å². The molecule has 0 fully saturated rings. The average Bonchev–Trinajstić information content (AvgIpc) is 3.15. The van der Waals surface area contributed by atoms with Gasteiger partial charge in [-0.05, 0) is 35.7 Å². The van der Waals surface area contributed by atoms with E-state index in [1.807, 2.05) is 41.8 Å². The fourth-order valence-electron chi connectivity index (χ4n) is 1.92. The first-order chi connectivity index (χ1) is 9.81. The second kappa shape index (κ2) is 4.39. The van der Waals surface area contributed by atoms with Crippen molar-refractivity contribution >= 4 is 33.3 Å². The minimum Gasteiger partial charge on any atom is -0.399 e. The summed E-state index contributed by atoms with van der Waals surface area (Å²) in [5, 5.41) is 15.9. The lowest BCUT2D eigenvalue weighted by Crippen LogP contribution is -1.89. The van der Waals surface area contributed by atoms with Crippen molar-refractivity contribution in [3.63, 3.8) is 0 Å². The number of benzene rings is 1. The molecule has 3 aromatic heterocycles. The molecule has 5 nitrogen and oxygen atoms in total. The molecule has 2 N–H and O–H groups in total. The topological polar surface area (TPSA) is 69.1 Å². The van der Waals surface area contributed by atoms with Gasteiger partial charge in [0.1, 0.15) is 5.01 Å². The molecule has 0 bridgehead atoms. The third-order valence-electron chi connectivity index (χ3n) is 2.89. The Labute approximate surface area is 122 Å². The Bertz CT molecular complexity index is 858. The highest BCUT2D eigenvalue weighted by Gasteiger charge is 2.14. The maximum atomic E-state index is 5.70. The van der Waals surface area contributed by atoms with Gasteiger partial charge in [0.15, 0.2) is 5.82 Å². The number of hydrogen-bond acceptors (Lipinski definition) is 6. The zero-order chi connectivity index (χ0) is 13.5. The Morgan fingerprint density at radius 2 is 1.90 bits per heavy atom. The molecule has 4 rings (SSSR count). The van der Waals surface area contributed by atoms with Crippen LogP contribution in [0.5, 0.6) is 0 Å². The number of thiophene rings is 1. The predicted octanol–water partition coefficient (Wildman–Crippen LogP) is 3.16. The fourth-order valence-corrected chi connectivity index (χ4v) is 3.46. The SMILES string of the molecule is Nc1ccc(-c2nn3c(-c4cccs4)nnc3s2)cc1. The maximum Gasteiger partial charge on any atom is 0.235 e. The number of hydrogen-bond donors (Lipinski definition) is 1. The van der Waals surface area contributed by atoms with Gasteiger partial charge in [0.25, 0.3) is 0 Å². The van der Waals surface area contributed by atoms with Crippen LogP contribution in [0.2, 0.25) is 0 Å². The van der Waals surface area contributed by atoms with Crippen LogP contribution >= 0.6 is 22.7 Å². The van der Waals surface area contributed by atoms with Crippen LogP contribution in [0.25, 0.3) is 26.2 Å². The number of anilines is 1. The van der Waals surface area contributed by atoms with Gasteiger partial charge in [0.05, 0.1) is 4.88 Å². The molecule has 0 saturated heterocycles.